The zero-order valence-corrected chi connectivity index (χ0v) is 18.4. The third-order valence-electron chi connectivity index (χ3n) is 6.19. The number of nitrogens with one attached hydrogen (secondary N) is 1. The molecule has 1 aromatic carbocycles. The van der Waals surface area contributed by atoms with Crippen molar-refractivity contribution < 1.29 is 9.90 Å². The molecule has 0 spiro atoms. The second-order valence-corrected chi connectivity index (χ2v) is 8.51. The number of para-hydroxylation sites is 1. The molecule has 168 valence electrons. The monoisotopic (exact) mass is 436 g/mol. The van der Waals surface area contributed by atoms with Gasteiger partial charge >= 0.3 is 0 Å². The van der Waals surface area contributed by atoms with Crippen molar-refractivity contribution in [3.05, 3.63) is 64.4 Å². The summed E-state index contributed by atoms with van der Waals surface area (Å²) < 4.78 is 3.15. The Balaban J connectivity index is 1.62. The largest absolute Gasteiger partial charge is 0.501 e. The molecule has 0 aliphatic carbocycles. The lowest BCUT2D eigenvalue weighted by Gasteiger charge is -2.35. The van der Waals surface area contributed by atoms with Crippen LogP contribution >= 0.6 is 0 Å². The molecule has 0 bridgehead atoms. The lowest BCUT2D eigenvalue weighted by molar-refractivity contribution is 0.0940. The van der Waals surface area contributed by atoms with Crippen LogP contribution in [0.15, 0.2) is 41.7 Å². The molecule has 0 saturated carbocycles. The van der Waals surface area contributed by atoms with E-state index in [1.54, 1.807) is 11.0 Å². The zero-order chi connectivity index (χ0) is 22.7. The van der Waals surface area contributed by atoms with Crippen LogP contribution in [0, 0.1) is 0 Å². The van der Waals surface area contributed by atoms with E-state index in [1.165, 1.54) is 10.9 Å². The van der Waals surface area contributed by atoms with Gasteiger partial charge in [-0.3, -0.25) is 14.2 Å². The van der Waals surface area contributed by atoms with E-state index in [2.05, 4.69) is 34.2 Å². The van der Waals surface area contributed by atoms with Crippen LogP contribution < -0.4 is 10.9 Å². The summed E-state index contributed by atoms with van der Waals surface area (Å²) in [6.07, 6.45) is 7.69. The first-order valence-electron chi connectivity index (χ1n) is 11.0. The maximum atomic E-state index is 13.0. The Bertz CT molecular complexity index is 1170. The van der Waals surface area contributed by atoms with Gasteiger partial charge in [0.15, 0.2) is 5.69 Å². The predicted octanol–water partition coefficient (Wildman–Crippen LogP) is 2.70. The van der Waals surface area contributed by atoms with E-state index in [-0.39, 0.29) is 17.7 Å². The summed E-state index contributed by atoms with van der Waals surface area (Å²) in [4.78, 5) is 34.3. The summed E-state index contributed by atoms with van der Waals surface area (Å²) in [6.45, 7) is 4.90. The average molecular weight is 437 g/mol. The fourth-order valence-corrected chi connectivity index (χ4v) is 4.39. The van der Waals surface area contributed by atoms with E-state index < -0.39 is 17.2 Å². The Labute approximate surface area is 186 Å². The summed E-state index contributed by atoms with van der Waals surface area (Å²) in [7, 11) is 0. The maximum Gasteiger partial charge on any atom is 0.296 e. The number of hydrogen-bond acceptors (Lipinski definition) is 6. The van der Waals surface area contributed by atoms with Gasteiger partial charge in [-0.25, -0.2) is 14.6 Å². The number of unbranched alkanes of at least 4 members (excludes halogenated alkanes) is 1. The minimum absolute atomic E-state index is 0.182. The van der Waals surface area contributed by atoms with Crippen molar-refractivity contribution in [1.82, 2.24) is 29.6 Å². The number of hydrogen-bond donors (Lipinski definition) is 2. The van der Waals surface area contributed by atoms with Crippen molar-refractivity contribution >= 4 is 5.91 Å². The molecule has 1 aliphatic heterocycles. The highest BCUT2D eigenvalue weighted by Crippen LogP contribution is 2.36. The highest BCUT2D eigenvalue weighted by atomic mass is 16.3. The first-order valence-corrected chi connectivity index (χ1v) is 11.0. The second-order valence-electron chi connectivity index (χ2n) is 8.51. The van der Waals surface area contributed by atoms with Gasteiger partial charge in [0.2, 0.25) is 5.75 Å². The van der Waals surface area contributed by atoms with Crippen LogP contribution in [0.25, 0.3) is 5.69 Å². The minimum atomic E-state index is -0.601. The zero-order valence-electron chi connectivity index (χ0n) is 18.4. The molecule has 1 aliphatic rings. The van der Waals surface area contributed by atoms with Crippen molar-refractivity contribution in [2.24, 2.45) is 0 Å². The molecule has 0 saturated heterocycles. The number of nitrogens with zero attached hydrogens (tertiary/aromatic N) is 5. The van der Waals surface area contributed by atoms with Gasteiger partial charge in [-0.15, -0.1) is 0 Å². The van der Waals surface area contributed by atoms with Crippen LogP contribution in [0.5, 0.6) is 5.75 Å². The number of amides is 1. The van der Waals surface area contributed by atoms with Crippen LogP contribution in [0.4, 0.5) is 0 Å². The Morgan fingerprint density at radius 1 is 1.31 bits per heavy atom. The number of benzene rings is 1. The highest BCUT2D eigenvalue weighted by Gasteiger charge is 2.36. The quantitative estimate of drug-likeness (QED) is 0.588. The van der Waals surface area contributed by atoms with Crippen LogP contribution in [-0.4, -0.2) is 35.3 Å². The van der Waals surface area contributed by atoms with Gasteiger partial charge in [0, 0.05) is 18.5 Å². The lowest BCUT2D eigenvalue weighted by Crippen LogP contribution is -2.40. The lowest BCUT2D eigenvalue weighted by atomic mass is 9.77. The molecular weight excluding hydrogens is 408 g/mol. The third kappa shape index (κ3) is 4.02. The van der Waals surface area contributed by atoms with Crippen molar-refractivity contribution in [3.8, 4) is 11.4 Å². The van der Waals surface area contributed by atoms with E-state index in [4.69, 9.17) is 0 Å². The fourth-order valence-electron chi connectivity index (χ4n) is 4.39. The highest BCUT2D eigenvalue weighted by molar-refractivity contribution is 5.94. The molecular formula is C23H28N6O3. The van der Waals surface area contributed by atoms with Gasteiger partial charge in [-0.1, -0.05) is 44.9 Å². The Morgan fingerprint density at radius 2 is 2.12 bits per heavy atom. The summed E-state index contributed by atoms with van der Waals surface area (Å²) in [6, 6.07) is 7.48. The van der Waals surface area contributed by atoms with Gasteiger partial charge in [0.25, 0.3) is 11.5 Å². The molecule has 3 heterocycles. The standard InChI is InChI=1S/C23H28N6O3/c1-3-4-10-23(2)11-7-12-28-21(32)19(30)18(27-22(23)28)20(31)25-13-16-8-5-6-9-17(16)29-15-24-14-26-29/h5-6,8-9,14-15,30H,3-4,7,10-13H2,1-2H3,(H,25,31). The van der Waals surface area contributed by atoms with Gasteiger partial charge < -0.3 is 10.4 Å². The smallest absolute Gasteiger partial charge is 0.296 e. The molecule has 32 heavy (non-hydrogen) atoms. The van der Waals surface area contributed by atoms with E-state index in [0.717, 1.165) is 43.4 Å². The molecule has 2 N–H and O–H groups in total. The molecule has 0 fully saturated rings. The van der Waals surface area contributed by atoms with Crippen molar-refractivity contribution in [2.75, 3.05) is 0 Å². The van der Waals surface area contributed by atoms with E-state index in [1.807, 2.05) is 24.3 Å². The summed E-state index contributed by atoms with van der Waals surface area (Å²) in [5, 5.41) is 17.4. The Kier molecular flexibility index (Phi) is 6.07. The molecule has 1 amide bonds. The summed E-state index contributed by atoms with van der Waals surface area (Å²) in [5.41, 5.74) is 0.527. The molecule has 3 aromatic rings. The number of rotatable bonds is 7. The third-order valence-corrected chi connectivity index (χ3v) is 6.19. The van der Waals surface area contributed by atoms with Crippen LogP contribution in [0.3, 0.4) is 0 Å². The molecule has 1 atom stereocenters. The topological polar surface area (TPSA) is 115 Å². The number of aromatic nitrogens is 5. The van der Waals surface area contributed by atoms with Crippen molar-refractivity contribution in [2.45, 2.75) is 64.5 Å². The molecule has 1 unspecified atom stereocenters. The van der Waals surface area contributed by atoms with Crippen LogP contribution in [-0.2, 0) is 18.5 Å². The van der Waals surface area contributed by atoms with Crippen molar-refractivity contribution in [3.63, 3.8) is 0 Å². The van der Waals surface area contributed by atoms with E-state index in [0.29, 0.717) is 12.4 Å². The number of fused-ring (bicyclic) bond motifs is 1. The molecule has 9 nitrogen and oxygen atoms in total. The number of aromatic hydroxyl groups is 1. The SMILES string of the molecule is CCCCC1(C)CCCn2c1nc(C(=O)NCc1ccccc1-n1cncn1)c(O)c2=O. The van der Waals surface area contributed by atoms with Crippen LogP contribution in [0.2, 0.25) is 0 Å². The molecule has 4 rings (SSSR count). The van der Waals surface area contributed by atoms with E-state index >= 15 is 0 Å². The Hall–Kier alpha value is -3.49. The van der Waals surface area contributed by atoms with Gasteiger partial charge in [-0.05, 0) is 30.9 Å². The normalized spacial score (nSPS) is 17.7. The average Bonchev–Trinajstić information content (AvgIpc) is 3.34. The van der Waals surface area contributed by atoms with Crippen molar-refractivity contribution in [1.29, 1.82) is 0 Å². The van der Waals surface area contributed by atoms with Gasteiger partial charge in [-0.2, -0.15) is 5.10 Å². The minimum Gasteiger partial charge on any atom is -0.501 e. The number of carbonyl (C=O) groups is 1. The second kappa shape index (κ2) is 8.94. The van der Waals surface area contributed by atoms with Gasteiger partial charge in [0.05, 0.1) is 5.69 Å². The molecule has 2 aromatic heterocycles. The number of carbonyl (C=O) groups excluding carboxylic acids is 1. The fraction of sp³-hybridized carbons (Fsp3) is 0.435. The van der Waals surface area contributed by atoms with Gasteiger partial charge in [0.1, 0.15) is 18.5 Å². The molecule has 0 radical (unpaired) electrons. The first-order chi connectivity index (χ1) is 15.4. The molecule has 9 heteroatoms. The maximum absolute atomic E-state index is 13.0. The first kappa shape index (κ1) is 21.7. The summed E-state index contributed by atoms with van der Waals surface area (Å²) in [5.74, 6) is -0.594. The summed E-state index contributed by atoms with van der Waals surface area (Å²) >= 11 is 0. The van der Waals surface area contributed by atoms with E-state index in [9.17, 15) is 14.7 Å². The predicted molar refractivity (Wildman–Crippen MR) is 119 cm³/mol. The Morgan fingerprint density at radius 3 is 2.88 bits per heavy atom. The van der Waals surface area contributed by atoms with Crippen LogP contribution in [0.1, 0.15) is 67.8 Å².